The van der Waals surface area contributed by atoms with Crippen LogP contribution in [0.15, 0.2) is 57.9 Å². The second kappa shape index (κ2) is 11.2. The van der Waals surface area contributed by atoms with Crippen LogP contribution < -0.4 is 15.4 Å². The quantitative estimate of drug-likeness (QED) is 0.334. The third kappa shape index (κ3) is 6.67. The van der Waals surface area contributed by atoms with E-state index in [4.69, 9.17) is 4.52 Å². The number of anilines is 2. The highest BCUT2D eigenvalue weighted by molar-refractivity contribution is 7.92. The van der Waals surface area contributed by atoms with Gasteiger partial charge in [-0.25, -0.2) is 12.8 Å². The summed E-state index contributed by atoms with van der Waals surface area (Å²) in [5.41, 5.74) is 0.216. The molecule has 194 valence electrons. The molecule has 9 nitrogen and oxygen atoms in total. The molecule has 0 radical (unpaired) electrons. The molecule has 3 rings (SSSR count). The predicted octanol–water partition coefficient (Wildman–Crippen LogP) is 4.78. The molecule has 0 aliphatic rings. The van der Waals surface area contributed by atoms with Gasteiger partial charge in [0.25, 0.3) is 10.0 Å². The highest BCUT2D eigenvalue weighted by Gasteiger charge is 2.27. The van der Waals surface area contributed by atoms with E-state index in [1.54, 1.807) is 24.3 Å². The lowest BCUT2D eigenvalue weighted by Crippen LogP contribution is -2.32. The van der Waals surface area contributed by atoms with Crippen LogP contribution in [0.2, 0.25) is 0 Å². The van der Waals surface area contributed by atoms with Crippen molar-refractivity contribution in [2.24, 2.45) is 11.3 Å². The number of halogens is 1. The molecule has 0 bridgehead atoms. The zero-order chi connectivity index (χ0) is 26.5. The summed E-state index contributed by atoms with van der Waals surface area (Å²) in [7, 11) is -2.03. The number of aromatic nitrogens is 2. The summed E-state index contributed by atoms with van der Waals surface area (Å²) in [4.78, 5) is 16.6. The maximum atomic E-state index is 13.0. The number of carbonyl (C=O) groups is 1. The lowest BCUT2D eigenvalue weighted by Gasteiger charge is -2.19. The monoisotopic (exact) mass is 517 g/mol. The van der Waals surface area contributed by atoms with Gasteiger partial charge in [-0.3, -0.25) is 9.52 Å². The van der Waals surface area contributed by atoms with Crippen LogP contribution in [0.1, 0.15) is 46.0 Å². The fourth-order valence-electron chi connectivity index (χ4n) is 3.29. The van der Waals surface area contributed by atoms with E-state index in [0.29, 0.717) is 34.6 Å². The van der Waals surface area contributed by atoms with Gasteiger partial charge in [0.2, 0.25) is 17.6 Å². The van der Waals surface area contributed by atoms with Crippen LogP contribution in [-0.2, 0) is 14.8 Å². The maximum absolute atomic E-state index is 13.0. The molecule has 0 saturated heterocycles. The van der Waals surface area contributed by atoms with Crippen molar-refractivity contribution in [1.82, 2.24) is 15.5 Å². The van der Waals surface area contributed by atoms with Crippen molar-refractivity contribution >= 4 is 27.3 Å². The molecule has 1 atom stereocenters. The van der Waals surface area contributed by atoms with Crippen molar-refractivity contribution in [3.8, 4) is 11.4 Å². The largest absolute Gasteiger partial charge is 0.337 e. The van der Waals surface area contributed by atoms with E-state index < -0.39 is 28.0 Å². The van der Waals surface area contributed by atoms with Crippen molar-refractivity contribution < 1.29 is 22.1 Å². The molecule has 0 aliphatic heterocycles. The average Bonchev–Trinajstić information content (AvgIpc) is 3.33. The number of carbonyl (C=O) groups excluding carboxylic acids is 1. The molecule has 0 aliphatic carbocycles. The molecule has 0 spiro atoms. The molecule has 36 heavy (non-hydrogen) atoms. The van der Waals surface area contributed by atoms with Crippen LogP contribution in [0.3, 0.4) is 0 Å². The van der Waals surface area contributed by atoms with Gasteiger partial charge in [0.15, 0.2) is 0 Å². The Labute approximate surface area is 210 Å². The van der Waals surface area contributed by atoms with Crippen LogP contribution in [-0.4, -0.2) is 38.2 Å². The Hall–Kier alpha value is -3.31. The van der Waals surface area contributed by atoms with Crippen LogP contribution in [0.25, 0.3) is 11.4 Å². The first kappa shape index (κ1) is 27.3. The zero-order valence-corrected chi connectivity index (χ0v) is 21.8. The van der Waals surface area contributed by atoms with Crippen molar-refractivity contribution in [1.29, 1.82) is 0 Å². The highest BCUT2D eigenvalue weighted by atomic mass is 32.2. The molecule has 11 heteroatoms. The Balaban J connectivity index is 1.68. The molecular formula is C25H32FN5O4S. The van der Waals surface area contributed by atoms with Crippen molar-refractivity contribution in [3.63, 3.8) is 0 Å². The predicted molar refractivity (Wildman–Crippen MR) is 137 cm³/mol. The van der Waals surface area contributed by atoms with Crippen LogP contribution in [0.4, 0.5) is 15.8 Å². The minimum Gasteiger partial charge on any atom is -0.337 e. The van der Waals surface area contributed by atoms with Gasteiger partial charge in [0.1, 0.15) is 6.67 Å². The smallest absolute Gasteiger partial charge is 0.261 e. The summed E-state index contributed by atoms with van der Waals surface area (Å²) in [6.07, 6.45) is 0.837. The fourth-order valence-corrected chi connectivity index (χ4v) is 4.35. The summed E-state index contributed by atoms with van der Waals surface area (Å²) in [6, 6.07) is 12.2. The molecule has 1 aromatic heterocycles. The molecule has 1 heterocycles. The van der Waals surface area contributed by atoms with Crippen LogP contribution >= 0.6 is 0 Å². The minimum absolute atomic E-state index is 0.0601. The Morgan fingerprint density at radius 2 is 1.67 bits per heavy atom. The fraction of sp³-hybridized carbons (Fsp3) is 0.400. The van der Waals surface area contributed by atoms with Gasteiger partial charge in [0, 0.05) is 16.9 Å². The molecule has 0 saturated carbocycles. The summed E-state index contributed by atoms with van der Waals surface area (Å²) in [6.45, 7) is 6.42. The third-order valence-electron chi connectivity index (χ3n) is 5.56. The molecule has 0 fully saturated rings. The molecular weight excluding hydrogens is 485 g/mol. The van der Waals surface area contributed by atoms with Gasteiger partial charge < -0.3 is 15.2 Å². The SMILES string of the molecule is CN[C@@H](CC(C)C)c1nc(-c2ccc(S(=O)(=O)Nc3ccc(NC(=O)C(C)(C)CF)cc3)cc2)no1. The van der Waals surface area contributed by atoms with Crippen LogP contribution in [0, 0.1) is 11.3 Å². The molecule has 3 N–H and O–H groups in total. The molecule has 1 amide bonds. The van der Waals surface area contributed by atoms with Gasteiger partial charge in [-0.05, 0) is 81.8 Å². The van der Waals surface area contributed by atoms with Crippen molar-refractivity contribution in [2.45, 2.75) is 45.1 Å². The third-order valence-corrected chi connectivity index (χ3v) is 6.96. The Bertz CT molecular complexity index is 1270. The second-order valence-electron chi connectivity index (χ2n) is 9.61. The summed E-state index contributed by atoms with van der Waals surface area (Å²) < 4.78 is 46.6. The van der Waals surface area contributed by atoms with Gasteiger partial charge >= 0.3 is 0 Å². The number of hydrogen-bond donors (Lipinski definition) is 3. The lowest BCUT2D eigenvalue weighted by molar-refractivity contribution is -0.124. The first-order chi connectivity index (χ1) is 16.9. The molecule has 0 unspecified atom stereocenters. The van der Waals surface area contributed by atoms with Gasteiger partial charge in [0.05, 0.1) is 16.4 Å². The number of alkyl halides is 1. The maximum Gasteiger partial charge on any atom is 0.261 e. The van der Waals surface area contributed by atoms with Crippen molar-refractivity contribution in [2.75, 3.05) is 23.8 Å². The summed E-state index contributed by atoms with van der Waals surface area (Å²) in [5, 5.41) is 9.82. The first-order valence-electron chi connectivity index (χ1n) is 11.6. The Morgan fingerprint density at radius 3 is 2.22 bits per heavy atom. The van der Waals surface area contributed by atoms with Gasteiger partial charge in [-0.15, -0.1) is 0 Å². The van der Waals surface area contributed by atoms with Crippen molar-refractivity contribution in [3.05, 3.63) is 54.4 Å². The number of nitrogens with one attached hydrogen (secondary N) is 3. The van der Waals surface area contributed by atoms with E-state index in [2.05, 4.69) is 39.3 Å². The lowest BCUT2D eigenvalue weighted by atomic mass is 9.94. The number of benzene rings is 2. The number of amides is 1. The van der Waals surface area contributed by atoms with E-state index >= 15 is 0 Å². The van der Waals surface area contributed by atoms with Gasteiger partial charge in [-0.2, -0.15) is 4.98 Å². The number of sulfonamides is 1. The average molecular weight is 518 g/mol. The minimum atomic E-state index is -3.86. The number of nitrogens with zero attached hydrogens (tertiary/aromatic N) is 2. The normalized spacial score (nSPS) is 13.0. The van der Waals surface area contributed by atoms with E-state index in [9.17, 15) is 17.6 Å². The van der Waals surface area contributed by atoms with E-state index in [0.717, 1.165) is 6.42 Å². The Kier molecular flexibility index (Phi) is 8.47. The van der Waals surface area contributed by atoms with E-state index in [1.807, 2.05) is 7.05 Å². The second-order valence-corrected chi connectivity index (χ2v) is 11.3. The topological polar surface area (TPSA) is 126 Å². The van der Waals surface area contributed by atoms with Gasteiger partial charge in [-0.1, -0.05) is 19.0 Å². The number of hydrogen-bond acceptors (Lipinski definition) is 7. The Morgan fingerprint density at radius 1 is 1.06 bits per heavy atom. The number of rotatable bonds is 11. The zero-order valence-electron chi connectivity index (χ0n) is 21.0. The standard InChI is InChI=1S/C25H32FN5O4S/c1-16(2)14-21(27-5)23-29-22(30-35-23)17-6-12-20(13-7-17)36(33,34)31-19-10-8-18(9-11-19)28-24(32)25(3,4)15-26/h6-13,16,21,27,31H,14-15H2,1-5H3,(H,28,32)/t21-/m0/s1. The first-order valence-corrected chi connectivity index (χ1v) is 13.0. The molecule has 2 aromatic carbocycles. The van der Waals surface area contributed by atoms with E-state index in [1.165, 1.54) is 38.1 Å². The molecule has 3 aromatic rings. The summed E-state index contributed by atoms with van der Waals surface area (Å²) in [5.74, 6) is 0.832. The van der Waals surface area contributed by atoms with Crippen LogP contribution in [0.5, 0.6) is 0 Å². The van der Waals surface area contributed by atoms with E-state index in [-0.39, 0.29) is 10.9 Å². The highest BCUT2D eigenvalue weighted by Crippen LogP contribution is 2.25. The summed E-state index contributed by atoms with van der Waals surface area (Å²) >= 11 is 0.